The van der Waals surface area contributed by atoms with Crippen LogP contribution in [0.3, 0.4) is 0 Å². The van der Waals surface area contributed by atoms with Crippen molar-refractivity contribution in [3.05, 3.63) is 41.6 Å². The van der Waals surface area contributed by atoms with Crippen LogP contribution in [0.4, 0.5) is 0 Å². The highest BCUT2D eigenvalue weighted by atomic mass is 16.5. The number of phenolic OH excluding ortho intramolecular Hbond substituents is 1. The highest BCUT2D eigenvalue weighted by molar-refractivity contribution is 5.86. The summed E-state index contributed by atoms with van der Waals surface area (Å²) in [6, 6.07) is 9.44. The summed E-state index contributed by atoms with van der Waals surface area (Å²) in [6.07, 6.45) is 3.54. The van der Waals surface area contributed by atoms with E-state index in [4.69, 9.17) is 4.74 Å². The van der Waals surface area contributed by atoms with E-state index in [1.54, 1.807) is 6.07 Å². The van der Waals surface area contributed by atoms with Crippen molar-refractivity contribution in [2.24, 2.45) is 5.41 Å². The Kier molecular flexibility index (Phi) is 3.55. The van der Waals surface area contributed by atoms with Gasteiger partial charge in [-0.2, -0.15) is 0 Å². The molecule has 1 spiro atoms. The predicted molar refractivity (Wildman–Crippen MR) is 106 cm³/mol. The smallest absolute Gasteiger partial charge is 0.160 e. The summed E-state index contributed by atoms with van der Waals surface area (Å²) in [5, 5.41) is 23.8. The lowest BCUT2D eigenvalue weighted by molar-refractivity contribution is -0.164. The van der Waals surface area contributed by atoms with E-state index < -0.39 is 0 Å². The summed E-state index contributed by atoms with van der Waals surface area (Å²) in [7, 11) is 0. The SMILES string of the molecule is Oc1ccccc1-c1cc2c(C3CC4(COC4)C3)c([C@@H]3CCNC3)[nH]c2nn1. The van der Waals surface area contributed by atoms with E-state index in [-0.39, 0.29) is 5.75 Å². The van der Waals surface area contributed by atoms with Crippen LogP contribution in [0.5, 0.6) is 5.75 Å². The molecule has 3 N–H and O–H groups in total. The number of fused-ring (bicyclic) bond motifs is 1. The van der Waals surface area contributed by atoms with Crippen LogP contribution < -0.4 is 5.32 Å². The number of nitrogens with one attached hydrogen (secondary N) is 2. The Hall–Kier alpha value is -2.44. The zero-order chi connectivity index (χ0) is 18.7. The van der Waals surface area contributed by atoms with Gasteiger partial charge in [0, 0.05) is 34.5 Å². The summed E-state index contributed by atoms with van der Waals surface area (Å²) in [5.74, 6) is 1.30. The monoisotopic (exact) mass is 376 g/mol. The zero-order valence-corrected chi connectivity index (χ0v) is 15.7. The molecule has 0 radical (unpaired) electrons. The number of hydrogen-bond donors (Lipinski definition) is 3. The molecule has 6 rings (SSSR count). The number of benzene rings is 1. The number of aromatic nitrogens is 3. The maximum atomic E-state index is 10.3. The van der Waals surface area contributed by atoms with Crippen molar-refractivity contribution in [1.29, 1.82) is 0 Å². The van der Waals surface area contributed by atoms with Crippen LogP contribution in [-0.2, 0) is 4.74 Å². The van der Waals surface area contributed by atoms with E-state index in [9.17, 15) is 5.11 Å². The number of hydrogen-bond acceptors (Lipinski definition) is 5. The zero-order valence-electron chi connectivity index (χ0n) is 15.7. The molecule has 0 unspecified atom stereocenters. The van der Waals surface area contributed by atoms with Crippen LogP contribution in [-0.4, -0.2) is 46.6 Å². The molecule has 1 aromatic carbocycles. The van der Waals surface area contributed by atoms with Gasteiger partial charge in [0.1, 0.15) is 5.75 Å². The molecule has 1 saturated carbocycles. The van der Waals surface area contributed by atoms with Gasteiger partial charge in [-0.1, -0.05) is 12.1 Å². The molecule has 6 heteroatoms. The number of rotatable bonds is 3. The van der Waals surface area contributed by atoms with Gasteiger partial charge in [-0.3, -0.25) is 0 Å². The van der Waals surface area contributed by atoms with Gasteiger partial charge < -0.3 is 20.1 Å². The first-order chi connectivity index (χ1) is 13.7. The lowest BCUT2D eigenvalue weighted by atomic mass is 9.58. The quantitative estimate of drug-likeness (QED) is 0.653. The third kappa shape index (κ3) is 2.41. The molecule has 28 heavy (non-hydrogen) atoms. The third-order valence-electron chi connectivity index (χ3n) is 6.86. The van der Waals surface area contributed by atoms with Crippen molar-refractivity contribution < 1.29 is 9.84 Å². The summed E-state index contributed by atoms with van der Waals surface area (Å²) < 4.78 is 5.49. The van der Waals surface area contributed by atoms with Crippen LogP contribution in [0.25, 0.3) is 22.3 Å². The molecular weight excluding hydrogens is 352 g/mol. The number of phenols is 1. The minimum atomic E-state index is 0.239. The molecular formula is C22H24N4O2. The van der Waals surface area contributed by atoms with Gasteiger partial charge in [-0.15, -0.1) is 10.2 Å². The lowest BCUT2D eigenvalue weighted by Gasteiger charge is -2.53. The Labute approximate surface area is 163 Å². The number of nitrogens with zero attached hydrogens (tertiary/aromatic N) is 2. The van der Waals surface area contributed by atoms with E-state index in [1.807, 2.05) is 18.2 Å². The van der Waals surface area contributed by atoms with Crippen LogP contribution >= 0.6 is 0 Å². The van der Waals surface area contributed by atoms with Gasteiger partial charge in [-0.25, -0.2) is 0 Å². The highest BCUT2D eigenvalue weighted by Gasteiger charge is 2.51. The average Bonchev–Trinajstić information content (AvgIpc) is 3.27. The molecule has 2 aromatic heterocycles. The van der Waals surface area contributed by atoms with Crippen molar-refractivity contribution in [1.82, 2.24) is 20.5 Å². The maximum Gasteiger partial charge on any atom is 0.160 e. The van der Waals surface area contributed by atoms with Crippen molar-refractivity contribution in [2.45, 2.75) is 31.1 Å². The second-order valence-corrected chi connectivity index (χ2v) is 8.75. The summed E-state index contributed by atoms with van der Waals surface area (Å²) in [4.78, 5) is 3.60. The number of H-pyrrole nitrogens is 1. The van der Waals surface area contributed by atoms with Gasteiger partial charge in [-0.05, 0) is 55.5 Å². The summed E-state index contributed by atoms with van der Waals surface area (Å²) in [6.45, 7) is 3.90. The molecule has 3 aromatic rings. The van der Waals surface area contributed by atoms with Gasteiger partial charge in [0.25, 0.3) is 0 Å². The van der Waals surface area contributed by atoms with Gasteiger partial charge in [0.15, 0.2) is 5.65 Å². The largest absolute Gasteiger partial charge is 0.507 e. The topological polar surface area (TPSA) is 83.1 Å². The molecule has 4 heterocycles. The molecule has 1 atom stereocenters. The van der Waals surface area contributed by atoms with Gasteiger partial charge in [0.2, 0.25) is 0 Å². The molecule has 2 saturated heterocycles. The fraction of sp³-hybridized carbons (Fsp3) is 0.455. The molecule has 144 valence electrons. The molecule has 2 aliphatic heterocycles. The van der Waals surface area contributed by atoms with Crippen molar-refractivity contribution >= 4 is 11.0 Å². The van der Waals surface area contributed by atoms with Crippen molar-refractivity contribution in [3.63, 3.8) is 0 Å². The first-order valence-electron chi connectivity index (χ1n) is 10.2. The molecule has 0 amide bonds. The predicted octanol–water partition coefficient (Wildman–Crippen LogP) is 3.30. The minimum Gasteiger partial charge on any atom is -0.507 e. The summed E-state index contributed by atoms with van der Waals surface area (Å²) in [5.41, 5.74) is 5.49. The second-order valence-electron chi connectivity index (χ2n) is 8.75. The molecule has 1 aliphatic carbocycles. The molecule has 0 bridgehead atoms. The first-order valence-corrected chi connectivity index (χ1v) is 10.2. The molecule has 6 nitrogen and oxygen atoms in total. The van der Waals surface area contributed by atoms with E-state index in [1.165, 1.54) is 24.1 Å². The fourth-order valence-corrected chi connectivity index (χ4v) is 5.33. The number of ether oxygens (including phenoxy) is 1. The lowest BCUT2D eigenvalue weighted by Crippen LogP contribution is -2.51. The van der Waals surface area contributed by atoms with Crippen molar-refractivity contribution in [3.8, 4) is 17.0 Å². The Morgan fingerprint density at radius 2 is 1.96 bits per heavy atom. The first kappa shape index (κ1) is 16.5. The Balaban J connectivity index is 1.47. The van der Waals surface area contributed by atoms with Crippen LogP contribution in [0.1, 0.15) is 42.4 Å². The van der Waals surface area contributed by atoms with E-state index >= 15 is 0 Å². The number of para-hydroxylation sites is 1. The number of aromatic hydroxyl groups is 1. The van der Waals surface area contributed by atoms with Gasteiger partial charge in [0.05, 0.1) is 18.9 Å². The van der Waals surface area contributed by atoms with Gasteiger partial charge >= 0.3 is 0 Å². The minimum absolute atomic E-state index is 0.239. The maximum absolute atomic E-state index is 10.3. The summed E-state index contributed by atoms with van der Waals surface area (Å²) >= 11 is 0. The Morgan fingerprint density at radius 3 is 2.68 bits per heavy atom. The standard InChI is InChI=1S/C22H24N4O2/c27-18-4-2-1-3-15(18)17-7-16-19(14-8-22(9-14)11-28-12-22)20(13-5-6-23-10-13)24-21(16)26-25-17/h1-4,7,13-14,23,27H,5-6,8-12H2,(H,24,26)/t13-/m1/s1. The van der Waals surface area contributed by atoms with E-state index in [2.05, 4.69) is 26.6 Å². The highest BCUT2D eigenvalue weighted by Crippen LogP contribution is 2.57. The fourth-order valence-electron chi connectivity index (χ4n) is 5.33. The molecule has 3 fully saturated rings. The average molecular weight is 376 g/mol. The molecule has 3 aliphatic rings. The second kappa shape index (κ2) is 6.03. The Bertz CT molecular complexity index is 1040. The normalized spacial score (nSPS) is 23.8. The van der Waals surface area contributed by atoms with E-state index in [0.29, 0.717) is 17.3 Å². The third-order valence-corrected chi connectivity index (χ3v) is 6.86. The van der Waals surface area contributed by atoms with E-state index in [0.717, 1.165) is 55.0 Å². The van der Waals surface area contributed by atoms with Crippen LogP contribution in [0.15, 0.2) is 30.3 Å². The number of aromatic amines is 1. The Morgan fingerprint density at radius 1 is 1.11 bits per heavy atom. The van der Waals surface area contributed by atoms with Crippen LogP contribution in [0, 0.1) is 5.41 Å². The van der Waals surface area contributed by atoms with Crippen molar-refractivity contribution in [2.75, 3.05) is 26.3 Å². The van der Waals surface area contributed by atoms with Crippen LogP contribution in [0.2, 0.25) is 0 Å².